The summed E-state index contributed by atoms with van der Waals surface area (Å²) < 4.78 is 3.07. The van der Waals surface area contributed by atoms with Gasteiger partial charge in [-0.3, -0.25) is 14.3 Å². The molecule has 0 aliphatic carbocycles. The van der Waals surface area contributed by atoms with Crippen LogP contribution in [0.25, 0.3) is 10.9 Å². The van der Waals surface area contributed by atoms with Crippen LogP contribution in [0.2, 0.25) is 0 Å². The van der Waals surface area contributed by atoms with E-state index in [1.807, 2.05) is 20.8 Å². The van der Waals surface area contributed by atoms with Crippen molar-refractivity contribution in [1.29, 1.82) is 0 Å². The van der Waals surface area contributed by atoms with Crippen LogP contribution in [0.15, 0.2) is 11.0 Å². The van der Waals surface area contributed by atoms with Gasteiger partial charge in [0.15, 0.2) is 0 Å². The van der Waals surface area contributed by atoms with E-state index in [9.17, 15) is 9.59 Å². The fourth-order valence-corrected chi connectivity index (χ4v) is 4.83. The van der Waals surface area contributed by atoms with Crippen LogP contribution in [-0.4, -0.2) is 50.6 Å². The quantitative estimate of drug-likeness (QED) is 0.760. The highest BCUT2D eigenvalue weighted by Gasteiger charge is 2.39. The lowest BCUT2D eigenvalue weighted by Crippen LogP contribution is -3.16. The van der Waals surface area contributed by atoms with Crippen LogP contribution in [0, 0.1) is 0 Å². The second kappa shape index (κ2) is 7.66. The zero-order valence-electron chi connectivity index (χ0n) is 17.1. The number of nitrogens with one attached hydrogen (secondary N) is 2. The largest absolute Gasteiger partial charge is 0.346 e. The lowest BCUT2D eigenvalue weighted by atomic mass is 9.96. The number of nitrogens with zero attached hydrogens (tertiary/aromatic N) is 4. The Labute approximate surface area is 164 Å². The Morgan fingerprint density at radius 3 is 2.75 bits per heavy atom. The van der Waals surface area contributed by atoms with Crippen molar-refractivity contribution in [3.8, 4) is 0 Å². The molecule has 0 saturated carbocycles. The zero-order valence-corrected chi connectivity index (χ0v) is 17.1. The highest BCUT2D eigenvalue weighted by atomic mass is 16.2. The Bertz CT molecular complexity index is 931. The van der Waals surface area contributed by atoms with Gasteiger partial charge in [-0.15, -0.1) is 0 Å². The Balaban J connectivity index is 1.57. The van der Waals surface area contributed by atoms with Crippen molar-refractivity contribution >= 4 is 16.8 Å². The molecule has 2 aromatic rings. The van der Waals surface area contributed by atoms with E-state index < -0.39 is 0 Å². The van der Waals surface area contributed by atoms with Gasteiger partial charge in [0, 0.05) is 25.6 Å². The van der Waals surface area contributed by atoms with E-state index in [1.54, 1.807) is 15.8 Å². The molecule has 3 atom stereocenters. The van der Waals surface area contributed by atoms with Crippen molar-refractivity contribution in [2.75, 3.05) is 13.1 Å². The first-order valence-corrected chi connectivity index (χ1v) is 10.6. The minimum absolute atomic E-state index is 0.0373. The van der Waals surface area contributed by atoms with Crippen LogP contribution in [0.4, 0.5) is 0 Å². The Hall–Kier alpha value is -2.22. The predicted molar refractivity (Wildman–Crippen MR) is 106 cm³/mol. The summed E-state index contributed by atoms with van der Waals surface area (Å²) in [5, 5.41) is 12.7. The molecule has 1 unspecified atom stereocenters. The van der Waals surface area contributed by atoms with Gasteiger partial charge in [0.1, 0.15) is 18.1 Å². The highest BCUT2D eigenvalue weighted by Crippen LogP contribution is 2.19. The fourth-order valence-electron chi connectivity index (χ4n) is 4.83. The van der Waals surface area contributed by atoms with Crippen LogP contribution < -0.4 is 15.8 Å². The maximum Gasteiger partial charge on any atom is 0.278 e. The van der Waals surface area contributed by atoms with Gasteiger partial charge in [-0.25, -0.2) is 4.68 Å². The van der Waals surface area contributed by atoms with Crippen molar-refractivity contribution in [3.05, 3.63) is 22.2 Å². The molecular formula is C20H31N6O2+. The molecule has 28 heavy (non-hydrogen) atoms. The maximum atomic E-state index is 12.9. The number of rotatable bonds is 5. The number of amides is 1. The number of aromatic nitrogens is 4. The number of quaternary nitrogens is 1. The molecule has 1 amide bonds. The number of hydrogen-bond acceptors (Lipinski definition) is 4. The van der Waals surface area contributed by atoms with E-state index >= 15 is 0 Å². The lowest BCUT2D eigenvalue weighted by molar-refractivity contribution is -0.918. The van der Waals surface area contributed by atoms with Crippen LogP contribution >= 0.6 is 0 Å². The number of fused-ring (bicyclic) bond motifs is 2. The third kappa shape index (κ3) is 3.45. The van der Waals surface area contributed by atoms with E-state index in [0.717, 1.165) is 18.5 Å². The van der Waals surface area contributed by atoms with Crippen molar-refractivity contribution in [2.45, 2.75) is 77.5 Å². The molecule has 0 aromatic carbocycles. The average molecular weight is 388 g/mol. The molecule has 2 aromatic heterocycles. The number of piperidine rings is 1. The number of aryl methyl sites for hydroxylation is 1. The smallest absolute Gasteiger partial charge is 0.278 e. The van der Waals surface area contributed by atoms with Gasteiger partial charge in [0.2, 0.25) is 5.91 Å². The summed E-state index contributed by atoms with van der Waals surface area (Å²) in [4.78, 5) is 27.3. The van der Waals surface area contributed by atoms with Crippen molar-refractivity contribution in [3.63, 3.8) is 0 Å². The molecule has 0 spiro atoms. The molecular weight excluding hydrogens is 356 g/mol. The first kappa shape index (κ1) is 19.1. The number of carbonyl (C=O) groups is 1. The van der Waals surface area contributed by atoms with Crippen molar-refractivity contribution < 1.29 is 9.69 Å². The summed E-state index contributed by atoms with van der Waals surface area (Å²) in [6, 6.07) is 0.740. The molecule has 152 valence electrons. The second-order valence-corrected chi connectivity index (χ2v) is 8.47. The number of carbonyl (C=O) groups excluding carboxylic acids is 1. The second-order valence-electron chi connectivity index (χ2n) is 8.47. The van der Waals surface area contributed by atoms with Gasteiger partial charge in [-0.1, -0.05) is 13.8 Å². The van der Waals surface area contributed by atoms with Crippen LogP contribution in [-0.2, 0) is 17.9 Å². The van der Waals surface area contributed by atoms with Crippen LogP contribution in [0.5, 0.6) is 0 Å². The van der Waals surface area contributed by atoms with Gasteiger partial charge in [0.05, 0.1) is 30.2 Å². The minimum Gasteiger partial charge on any atom is -0.346 e. The summed E-state index contributed by atoms with van der Waals surface area (Å²) in [5.41, 5.74) is 1.17. The molecule has 4 heterocycles. The van der Waals surface area contributed by atoms with Crippen molar-refractivity contribution in [1.82, 2.24) is 24.9 Å². The normalized spacial score (nSPS) is 24.6. The maximum absolute atomic E-state index is 12.9. The Kier molecular flexibility index (Phi) is 5.23. The van der Waals surface area contributed by atoms with Crippen LogP contribution in [0.3, 0.4) is 0 Å². The first-order valence-electron chi connectivity index (χ1n) is 10.6. The Morgan fingerprint density at radius 2 is 2.04 bits per heavy atom. The molecule has 8 nitrogen and oxygen atoms in total. The van der Waals surface area contributed by atoms with E-state index in [4.69, 9.17) is 0 Å². The van der Waals surface area contributed by atoms with E-state index in [2.05, 4.69) is 15.5 Å². The number of hydrogen-bond donors (Lipinski definition) is 2. The molecule has 2 fully saturated rings. The molecule has 0 radical (unpaired) electrons. The molecule has 2 saturated heterocycles. The first-order chi connectivity index (χ1) is 13.5. The monoisotopic (exact) mass is 387 g/mol. The summed E-state index contributed by atoms with van der Waals surface area (Å²) in [6.45, 7) is 9.13. The lowest BCUT2D eigenvalue weighted by Gasteiger charge is -2.34. The van der Waals surface area contributed by atoms with Gasteiger partial charge in [-0.05, 0) is 25.7 Å². The molecule has 2 aliphatic heterocycles. The summed E-state index contributed by atoms with van der Waals surface area (Å²) >= 11 is 0. The standard InChI is InChI=1S/C20H30N6O2/c1-4-25-11-14-19(22-25)18(13(2)3)23-26(20(14)28)12-17(27)21-15-7-5-9-24-10-6-8-16(15)24/h11,13,15-16H,4-10,12H2,1-3H3,(H,21,27)/p+1/t15-,16-/m0/s1. The van der Waals surface area contributed by atoms with Crippen LogP contribution in [0.1, 0.15) is 58.1 Å². The molecule has 2 aliphatic rings. The SMILES string of the molecule is CCn1cc2c(=O)n(CC(=O)N[C@H]3CCC[NH+]4CCC[C@@H]34)nc(C(C)C)c2n1. The Morgan fingerprint density at radius 1 is 1.29 bits per heavy atom. The van der Waals surface area contributed by atoms with E-state index in [-0.39, 0.29) is 30.0 Å². The van der Waals surface area contributed by atoms with Gasteiger partial charge in [0.25, 0.3) is 5.56 Å². The predicted octanol–water partition coefficient (Wildman–Crippen LogP) is 0.0622. The molecule has 8 heteroatoms. The summed E-state index contributed by atoms with van der Waals surface area (Å²) in [5.74, 6) is -0.00343. The topological polar surface area (TPSA) is 86.2 Å². The van der Waals surface area contributed by atoms with Gasteiger partial charge < -0.3 is 10.2 Å². The minimum atomic E-state index is -0.244. The summed E-state index contributed by atoms with van der Waals surface area (Å²) in [7, 11) is 0. The van der Waals surface area contributed by atoms with Crippen molar-refractivity contribution in [2.24, 2.45) is 0 Å². The average Bonchev–Trinajstić information content (AvgIpc) is 3.31. The highest BCUT2D eigenvalue weighted by molar-refractivity contribution is 5.80. The molecule has 4 rings (SSSR count). The molecule has 2 N–H and O–H groups in total. The summed E-state index contributed by atoms with van der Waals surface area (Å²) in [6.07, 6.45) is 6.36. The third-order valence-corrected chi connectivity index (χ3v) is 6.24. The van der Waals surface area contributed by atoms with E-state index in [0.29, 0.717) is 23.5 Å². The molecule has 0 bridgehead atoms. The van der Waals surface area contributed by atoms with Gasteiger partial charge in [-0.2, -0.15) is 10.2 Å². The fraction of sp³-hybridized carbons (Fsp3) is 0.700. The zero-order chi connectivity index (χ0) is 19.8. The third-order valence-electron chi connectivity index (χ3n) is 6.24. The van der Waals surface area contributed by atoms with Gasteiger partial charge >= 0.3 is 0 Å². The van der Waals surface area contributed by atoms with E-state index in [1.165, 1.54) is 30.6 Å².